The van der Waals surface area contributed by atoms with Crippen molar-refractivity contribution in [3.63, 3.8) is 0 Å². The first kappa shape index (κ1) is 53.3. The van der Waals surface area contributed by atoms with Crippen molar-refractivity contribution in [1.29, 1.82) is 0 Å². The van der Waals surface area contributed by atoms with Crippen molar-refractivity contribution in [2.24, 2.45) is 0 Å². The number of benzene rings is 4. The zero-order chi connectivity index (χ0) is 49.3. The molecule has 6 rings (SSSR count). The number of hydrogen-bond acceptors (Lipinski definition) is 16. The van der Waals surface area contributed by atoms with Crippen LogP contribution in [0.4, 0.5) is 35.2 Å². The van der Waals surface area contributed by atoms with Crippen molar-refractivity contribution in [2.45, 2.75) is 78.7 Å². The lowest BCUT2D eigenvalue weighted by atomic mass is 10.1. The van der Waals surface area contributed by atoms with Gasteiger partial charge < -0.3 is 50.4 Å². The van der Waals surface area contributed by atoms with Crippen LogP contribution in [0.15, 0.2) is 84.9 Å². The molecule has 0 aliphatic heterocycles. The Kier molecular flexibility index (Phi) is 19.9. The summed E-state index contributed by atoms with van der Waals surface area (Å²) in [6.45, 7) is 14.3. The number of aliphatic hydroxyl groups is 2. The summed E-state index contributed by atoms with van der Waals surface area (Å²) in [7, 11) is 3.12. The molecule has 0 fully saturated rings. The van der Waals surface area contributed by atoms with Crippen LogP contribution in [-0.2, 0) is 0 Å². The molecule has 0 aliphatic carbocycles. The monoisotopic (exact) mass is 1060 g/mol. The van der Waals surface area contributed by atoms with Crippen molar-refractivity contribution in [1.82, 2.24) is 29.9 Å². The van der Waals surface area contributed by atoms with E-state index in [9.17, 15) is 5.11 Å². The minimum Gasteiger partial charge on any atom is -0.495 e. The fourth-order valence-corrected chi connectivity index (χ4v) is 5.73. The smallest absolute Gasteiger partial charge is 0.328 e. The molecule has 0 spiro atoms. The highest BCUT2D eigenvalue weighted by Crippen LogP contribution is 2.31. The maximum Gasteiger partial charge on any atom is 0.328 e. The zero-order valence-corrected chi connectivity index (χ0v) is 42.3. The quantitative estimate of drug-likeness (QED) is 0.0444. The number of methoxy groups -OCH3 is 2. The van der Waals surface area contributed by atoms with Gasteiger partial charge in [0.05, 0.1) is 24.3 Å². The number of nitrogens with one attached hydrogen (secondary N) is 4. The molecular formula is C48H53Cl2IN10O6. The molecule has 0 saturated carbocycles. The number of halogens is 3. The van der Waals surface area contributed by atoms with E-state index in [0.717, 1.165) is 9.13 Å². The van der Waals surface area contributed by atoms with Crippen LogP contribution in [0, 0.1) is 27.8 Å². The molecule has 2 aromatic heterocycles. The summed E-state index contributed by atoms with van der Waals surface area (Å²) >= 11 is 14.6. The maximum absolute atomic E-state index is 9.74. The van der Waals surface area contributed by atoms with Crippen LogP contribution in [0.3, 0.4) is 0 Å². The van der Waals surface area contributed by atoms with Gasteiger partial charge in [-0.1, -0.05) is 41.0 Å². The normalized spacial score (nSPS) is 10.7. The SMILES string of the molecule is C#CC(C)(C)O.COc1ccc(Nc2nc(NC(C)C)nc(Oc3ccc(C#CC(C)(C)O)cc3)n2)cc1Cl.COc1ccc(Nc2nc(NC(C)C)nc(Oc3ccc(I)cc3)n2)cc1Cl. The van der Waals surface area contributed by atoms with E-state index in [-0.39, 0.29) is 30.1 Å². The van der Waals surface area contributed by atoms with Gasteiger partial charge in [0, 0.05) is 32.6 Å². The number of ether oxygens (including phenoxy) is 4. The molecule has 19 heteroatoms. The highest BCUT2D eigenvalue weighted by Gasteiger charge is 2.14. The van der Waals surface area contributed by atoms with E-state index in [1.165, 1.54) is 0 Å². The number of aromatic nitrogens is 6. The van der Waals surface area contributed by atoms with Gasteiger partial charge >= 0.3 is 12.0 Å². The summed E-state index contributed by atoms with van der Waals surface area (Å²) in [6, 6.07) is 25.9. The van der Waals surface area contributed by atoms with Crippen molar-refractivity contribution < 1.29 is 29.2 Å². The van der Waals surface area contributed by atoms with Crippen molar-refractivity contribution in [2.75, 3.05) is 35.5 Å². The summed E-state index contributed by atoms with van der Waals surface area (Å²) < 4.78 is 23.1. The van der Waals surface area contributed by atoms with Crippen molar-refractivity contribution in [3.8, 4) is 59.2 Å². The third-order valence-electron chi connectivity index (χ3n) is 7.83. The molecule has 4 aromatic carbocycles. The van der Waals surface area contributed by atoms with Crippen LogP contribution < -0.4 is 40.2 Å². The van der Waals surface area contributed by atoms with Gasteiger partial charge in [-0.3, -0.25) is 0 Å². The van der Waals surface area contributed by atoms with Gasteiger partial charge in [0.25, 0.3) is 0 Å². The Morgan fingerprint density at radius 2 is 0.985 bits per heavy atom. The Labute approximate surface area is 415 Å². The molecule has 0 unspecified atom stereocenters. The molecule has 0 aliphatic rings. The van der Waals surface area contributed by atoms with Crippen LogP contribution in [-0.4, -0.2) is 77.6 Å². The third kappa shape index (κ3) is 19.6. The van der Waals surface area contributed by atoms with Gasteiger partial charge in [-0.05, 0) is 163 Å². The van der Waals surface area contributed by atoms with E-state index < -0.39 is 11.2 Å². The first-order valence-corrected chi connectivity index (χ1v) is 22.4. The first-order valence-electron chi connectivity index (χ1n) is 20.5. The minimum absolute atomic E-state index is 0.108. The Morgan fingerprint density at radius 1 is 0.597 bits per heavy atom. The number of hydrogen-bond donors (Lipinski definition) is 6. The largest absolute Gasteiger partial charge is 0.495 e. The van der Waals surface area contributed by atoms with E-state index >= 15 is 0 Å². The fourth-order valence-electron chi connectivity index (χ4n) is 4.85. The molecule has 0 amide bonds. The lowest BCUT2D eigenvalue weighted by molar-refractivity contribution is 0.143. The van der Waals surface area contributed by atoms with Crippen LogP contribution in [0.1, 0.15) is 61.0 Å². The van der Waals surface area contributed by atoms with Crippen LogP contribution in [0.2, 0.25) is 10.0 Å². The average Bonchev–Trinajstić information content (AvgIpc) is 3.24. The predicted molar refractivity (Wildman–Crippen MR) is 274 cm³/mol. The predicted octanol–water partition coefficient (Wildman–Crippen LogP) is 10.9. The molecule has 352 valence electrons. The Bertz CT molecular complexity index is 2660. The highest BCUT2D eigenvalue weighted by atomic mass is 127. The molecule has 0 atom stereocenters. The topological polar surface area (TPSA) is 203 Å². The Morgan fingerprint density at radius 3 is 1.33 bits per heavy atom. The molecule has 0 saturated heterocycles. The van der Waals surface area contributed by atoms with Gasteiger partial charge in [-0.25, -0.2) is 0 Å². The van der Waals surface area contributed by atoms with Gasteiger partial charge in [0.1, 0.15) is 34.2 Å². The molecule has 67 heavy (non-hydrogen) atoms. The maximum atomic E-state index is 9.74. The second-order valence-electron chi connectivity index (χ2n) is 15.8. The fraction of sp³-hybridized carbons (Fsp3) is 0.292. The molecule has 16 nitrogen and oxygen atoms in total. The number of terminal acetylenes is 1. The van der Waals surface area contributed by atoms with Crippen LogP contribution >= 0.6 is 45.8 Å². The van der Waals surface area contributed by atoms with E-state index in [0.29, 0.717) is 62.3 Å². The summed E-state index contributed by atoms with van der Waals surface area (Å²) in [6.07, 6.45) is 4.81. The molecule has 0 radical (unpaired) electrons. The first-order chi connectivity index (χ1) is 31.6. The molecule has 0 bridgehead atoms. The summed E-state index contributed by atoms with van der Waals surface area (Å²) in [5, 5.41) is 31.8. The molecular weight excluding hydrogens is 1010 g/mol. The van der Waals surface area contributed by atoms with Gasteiger partial charge in [-0.15, -0.1) is 6.42 Å². The van der Waals surface area contributed by atoms with E-state index in [2.05, 4.69) is 91.5 Å². The summed E-state index contributed by atoms with van der Waals surface area (Å²) in [5.41, 5.74) is 0.161. The second kappa shape index (κ2) is 25.0. The molecule has 2 heterocycles. The molecule has 6 N–H and O–H groups in total. The number of nitrogens with zero attached hydrogens (tertiary/aromatic N) is 6. The van der Waals surface area contributed by atoms with Gasteiger partial charge in [0.15, 0.2) is 0 Å². The Hall–Kier alpha value is -6.35. The van der Waals surface area contributed by atoms with Crippen molar-refractivity contribution in [3.05, 3.63) is 104 Å². The van der Waals surface area contributed by atoms with E-state index in [4.69, 9.17) is 53.7 Å². The standard InChI is InChI=1S/C24H26ClN5O3.C19H19ClIN5O2.C5H8O/c1-15(2)26-21-28-22(27-17-8-11-20(32-5)19(25)14-17)30-23(29-21)33-18-9-6-16(7-10-18)12-13-24(3,4)31;1-11(2)22-17-24-18(23-13-6-9-16(27-3)15(20)10-13)26-19(25-17)28-14-7-4-12(21)5-8-14;1-4-5(2,3)6/h6-11,14-15,31H,1-5H3,(H2,26,27,28,29,30);4-11H,1-3H3,(H2,22,23,24,25,26);1,6H,2-3H3. The van der Waals surface area contributed by atoms with Gasteiger partial charge in [-0.2, -0.15) is 29.9 Å². The van der Waals surface area contributed by atoms with Crippen LogP contribution in [0.5, 0.6) is 35.0 Å². The molecule has 6 aromatic rings. The lowest BCUT2D eigenvalue weighted by Crippen LogP contribution is -2.14. The van der Waals surface area contributed by atoms with E-state index in [1.54, 1.807) is 96.5 Å². The van der Waals surface area contributed by atoms with Gasteiger partial charge in [0.2, 0.25) is 23.8 Å². The average molecular weight is 1060 g/mol. The number of anilines is 6. The number of rotatable bonds is 14. The highest BCUT2D eigenvalue weighted by molar-refractivity contribution is 14.1. The lowest BCUT2D eigenvalue weighted by Gasteiger charge is -2.13. The van der Waals surface area contributed by atoms with E-state index in [1.807, 2.05) is 58.0 Å². The second-order valence-corrected chi connectivity index (χ2v) is 17.8. The third-order valence-corrected chi connectivity index (χ3v) is 9.14. The zero-order valence-electron chi connectivity index (χ0n) is 38.7. The Balaban J connectivity index is 0.000000263. The minimum atomic E-state index is -1.06. The van der Waals surface area contributed by atoms with Crippen molar-refractivity contribution >= 4 is 81.0 Å². The van der Waals surface area contributed by atoms with Crippen LogP contribution in [0.25, 0.3) is 0 Å². The summed E-state index contributed by atoms with van der Waals surface area (Å²) in [4.78, 5) is 26.2. The summed E-state index contributed by atoms with van der Waals surface area (Å²) in [5.74, 6) is 11.6.